The van der Waals surface area contributed by atoms with Gasteiger partial charge in [0.25, 0.3) is 0 Å². The van der Waals surface area contributed by atoms with E-state index in [4.69, 9.17) is 4.74 Å². The molecule has 4 nitrogen and oxygen atoms in total. The van der Waals surface area contributed by atoms with Gasteiger partial charge in [-0.25, -0.2) is 4.98 Å². The van der Waals surface area contributed by atoms with Crippen molar-refractivity contribution in [3.8, 4) is 5.88 Å². The average molecular weight is 189 g/mol. The van der Waals surface area contributed by atoms with E-state index in [0.29, 0.717) is 6.61 Å². The first kappa shape index (κ1) is 8.74. The van der Waals surface area contributed by atoms with Gasteiger partial charge in [0.2, 0.25) is 5.88 Å². The van der Waals surface area contributed by atoms with Crippen LogP contribution in [0.3, 0.4) is 0 Å². The Balaban J connectivity index is 1.99. The Morgan fingerprint density at radius 3 is 3.00 bits per heavy atom. The number of hydrogen-bond donors (Lipinski definition) is 0. The van der Waals surface area contributed by atoms with Crippen LogP contribution in [0, 0.1) is 0 Å². The summed E-state index contributed by atoms with van der Waals surface area (Å²) in [7, 11) is 1.89. The molecule has 2 aromatic rings. The number of ether oxygens (including phenoxy) is 1. The van der Waals surface area contributed by atoms with Crippen LogP contribution in [0.1, 0.15) is 5.69 Å². The summed E-state index contributed by atoms with van der Waals surface area (Å²) < 4.78 is 7.32. The van der Waals surface area contributed by atoms with Crippen LogP contribution in [0.15, 0.2) is 36.9 Å². The van der Waals surface area contributed by atoms with E-state index < -0.39 is 0 Å². The molecular formula is C10H11N3O. The van der Waals surface area contributed by atoms with Crippen molar-refractivity contribution in [2.24, 2.45) is 7.05 Å². The van der Waals surface area contributed by atoms with E-state index in [1.807, 2.05) is 29.8 Å². The molecular weight excluding hydrogens is 178 g/mol. The maximum Gasteiger partial charge on any atom is 0.213 e. The molecule has 0 aliphatic carbocycles. The highest BCUT2D eigenvalue weighted by atomic mass is 16.5. The highest BCUT2D eigenvalue weighted by Gasteiger charge is 1.99. The quantitative estimate of drug-likeness (QED) is 0.732. The van der Waals surface area contributed by atoms with Crippen LogP contribution >= 0.6 is 0 Å². The number of rotatable bonds is 3. The largest absolute Gasteiger partial charge is 0.471 e. The summed E-state index contributed by atoms with van der Waals surface area (Å²) in [5, 5.41) is 0. The van der Waals surface area contributed by atoms with E-state index in [1.54, 1.807) is 18.7 Å². The predicted octanol–water partition coefficient (Wildman–Crippen LogP) is 1.39. The first-order valence-electron chi connectivity index (χ1n) is 4.35. The highest BCUT2D eigenvalue weighted by Crippen LogP contribution is 2.08. The summed E-state index contributed by atoms with van der Waals surface area (Å²) in [4.78, 5) is 8.10. The van der Waals surface area contributed by atoms with E-state index in [1.165, 1.54) is 0 Å². The lowest BCUT2D eigenvalue weighted by molar-refractivity contribution is 0.279. The second kappa shape index (κ2) is 3.91. The molecule has 0 saturated carbocycles. The van der Waals surface area contributed by atoms with Crippen molar-refractivity contribution < 1.29 is 4.74 Å². The lowest BCUT2D eigenvalue weighted by atomic mass is 10.4. The number of aromatic nitrogens is 3. The fourth-order valence-electron chi connectivity index (χ4n) is 1.12. The normalized spacial score (nSPS) is 10.1. The zero-order chi connectivity index (χ0) is 9.80. The molecule has 4 heteroatoms. The number of pyridine rings is 1. The zero-order valence-electron chi connectivity index (χ0n) is 7.92. The van der Waals surface area contributed by atoms with Crippen LogP contribution in [0.25, 0.3) is 0 Å². The molecule has 0 N–H and O–H groups in total. The molecule has 0 aliphatic rings. The standard InChI is InChI=1S/C10H11N3O/c1-13-8-11-6-10(13)14-7-9-4-2-3-5-12-9/h2-6,8H,7H2,1H3. The Kier molecular flexibility index (Phi) is 2.44. The maximum atomic E-state index is 5.50. The Labute approximate surface area is 82.2 Å². The monoisotopic (exact) mass is 189 g/mol. The molecule has 2 rings (SSSR count). The molecule has 2 aromatic heterocycles. The fourth-order valence-corrected chi connectivity index (χ4v) is 1.12. The number of hydrogen-bond acceptors (Lipinski definition) is 3. The molecule has 2 heterocycles. The van der Waals surface area contributed by atoms with Gasteiger partial charge in [0.1, 0.15) is 6.61 Å². The second-order valence-corrected chi connectivity index (χ2v) is 2.95. The molecule has 0 atom stereocenters. The highest BCUT2D eigenvalue weighted by molar-refractivity contribution is 5.07. The predicted molar refractivity (Wildman–Crippen MR) is 51.8 cm³/mol. The van der Waals surface area contributed by atoms with Gasteiger partial charge in [-0.15, -0.1) is 0 Å². The van der Waals surface area contributed by atoms with E-state index in [2.05, 4.69) is 9.97 Å². The fraction of sp³-hybridized carbons (Fsp3) is 0.200. The van der Waals surface area contributed by atoms with Gasteiger partial charge >= 0.3 is 0 Å². The minimum atomic E-state index is 0.473. The van der Waals surface area contributed by atoms with Gasteiger partial charge in [-0.1, -0.05) is 6.07 Å². The lowest BCUT2D eigenvalue weighted by Gasteiger charge is -2.04. The summed E-state index contributed by atoms with van der Waals surface area (Å²) in [5.41, 5.74) is 0.911. The first-order chi connectivity index (χ1) is 6.86. The minimum absolute atomic E-state index is 0.473. The molecule has 0 bridgehead atoms. The summed E-state index contributed by atoms with van der Waals surface area (Å²) in [5.74, 6) is 0.746. The second-order valence-electron chi connectivity index (χ2n) is 2.95. The lowest BCUT2D eigenvalue weighted by Crippen LogP contribution is -2.00. The SMILES string of the molecule is Cn1cncc1OCc1ccccn1. The van der Waals surface area contributed by atoms with Gasteiger partial charge in [0.05, 0.1) is 18.2 Å². The summed E-state index contributed by atoms with van der Waals surface area (Å²) in [6, 6.07) is 5.75. The van der Waals surface area contributed by atoms with Gasteiger partial charge < -0.3 is 9.30 Å². The van der Waals surface area contributed by atoms with E-state index in [0.717, 1.165) is 11.6 Å². The number of imidazole rings is 1. The smallest absolute Gasteiger partial charge is 0.213 e. The van der Waals surface area contributed by atoms with Crippen molar-refractivity contribution in [2.75, 3.05) is 0 Å². The topological polar surface area (TPSA) is 39.9 Å². The van der Waals surface area contributed by atoms with Crippen LogP contribution in [-0.2, 0) is 13.7 Å². The molecule has 0 saturated heterocycles. The molecule has 0 aromatic carbocycles. The van der Waals surface area contributed by atoms with Crippen LogP contribution in [0.4, 0.5) is 0 Å². The summed E-state index contributed by atoms with van der Waals surface area (Å²) in [6.45, 7) is 0.473. The third-order valence-corrected chi connectivity index (χ3v) is 1.87. The van der Waals surface area contributed by atoms with Crippen LogP contribution in [0.2, 0.25) is 0 Å². The third kappa shape index (κ3) is 1.90. The number of nitrogens with zero attached hydrogens (tertiary/aromatic N) is 3. The molecule has 72 valence electrons. The van der Waals surface area contributed by atoms with Gasteiger partial charge in [0, 0.05) is 13.2 Å². The van der Waals surface area contributed by atoms with Gasteiger partial charge in [-0.3, -0.25) is 4.98 Å². The first-order valence-corrected chi connectivity index (χ1v) is 4.35. The van der Waals surface area contributed by atoms with Crippen molar-refractivity contribution in [1.82, 2.24) is 14.5 Å². The minimum Gasteiger partial charge on any atom is -0.471 e. The van der Waals surface area contributed by atoms with E-state index in [9.17, 15) is 0 Å². The maximum absolute atomic E-state index is 5.50. The third-order valence-electron chi connectivity index (χ3n) is 1.87. The Hall–Kier alpha value is -1.84. The molecule has 0 spiro atoms. The van der Waals surface area contributed by atoms with Gasteiger partial charge in [-0.2, -0.15) is 0 Å². The Morgan fingerprint density at radius 2 is 2.36 bits per heavy atom. The number of aryl methyl sites for hydroxylation is 1. The Bertz CT molecular complexity index is 397. The van der Waals surface area contributed by atoms with Crippen molar-refractivity contribution in [2.45, 2.75) is 6.61 Å². The molecule has 0 fully saturated rings. The summed E-state index contributed by atoms with van der Waals surface area (Å²) in [6.07, 6.45) is 5.14. The van der Waals surface area contributed by atoms with Gasteiger partial charge in [0.15, 0.2) is 0 Å². The van der Waals surface area contributed by atoms with Gasteiger partial charge in [-0.05, 0) is 12.1 Å². The van der Waals surface area contributed by atoms with E-state index >= 15 is 0 Å². The molecule has 0 amide bonds. The van der Waals surface area contributed by atoms with Crippen molar-refractivity contribution in [3.05, 3.63) is 42.6 Å². The molecule has 0 radical (unpaired) electrons. The molecule has 0 aliphatic heterocycles. The van der Waals surface area contributed by atoms with Crippen molar-refractivity contribution >= 4 is 0 Å². The van der Waals surface area contributed by atoms with Crippen molar-refractivity contribution in [1.29, 1.82) is 0 Å². The van der Waals surface area contributed by atoms with Crippen molar-refractivity contribution in [3.63, 3.8) is 0 Å². The average Bonchev–Trinajstić information content (AvgIpc) is 2.63. The molecule has 0 unspecified atom stereocenters. The summed E-state index contributed by atoms with van der Waals surface area (Å²) >= 11 is 0. The van der Waals surface area contributed by atoms with E-state index in [-0.39, 0.29) is 0 Å². The van der Waals surface area contributed by atoms with Crippen LogP contribution in [-0.4, -0.2) is 14.5 Å². The van der Waals surface area contributed by atoms with Crippen LogP contribution in [0.5, 0.6) is 5.88 Å². The van der Waals surface area contributed by atoms with Crippen LogP contribution < -0.4 is 4.74 Å². The zero-order valence-corrected chi connectivity index (χ0v) is 7.92. The Morgan fingerprint density at radius 1 is 1.43 bits per heavy atom. The molecule has 14 heavy (non-hydrogen) atoms.